The molecule has 0 unspecified atom stereocenters. The third kappa shape index (κ3) is 2.54. The molecule has 0 amide bonds. The second-order valence-corrected chi connectivity index (χ2v) is 4.19. The molecule has 0 aliphatic rings. The van der Waals surface area contributed by atoms with Gasteiger partial charge in [0.2, 0.25) is 0 Å². The van der Waals surface area contributed by atoms with Crippen LogP contribution in [-0.2, 0) is 16.6 Å². The minimum absolute atomic E-state index is 0.0964. The normalized spacial score (nSPS) is 11.6. The first-order valence-corrected chi connectivity index (χ1v) is 6.12. The number of aryl methyl sites for hydroxylation is 1. The summed E-state index contributed by atoms with van der Waals surface area (Å²) in [6.07, 6.45) is 1.23. The molecule has 6 nitrogen and oxygen atoms in total. The number of carbonyl (C=O) groups is 1. The van der Waals surface area contributed by atoms with Crippen LogP contribution in [0.1, 0.15) is 12.6 Å². The van der Waals surface area contributed by atoms with Crippen LogP contribution in [0.25, 0.3) is 17.0 Å². The van der Waals surface area contributed by atoms with Crippen LogP contribution in [0.2, 0.25) is 0 Å². The van der Waals surface area contributed by atoms with Gasteiger partial charge < -0.3 is 9.30 Å². The highest BCUT2D eigenvalue weighted by molar-refractivity contribution is 5.92. The fraction of sp³-hybridized carbons (Fsp3) is 0.214. The molecule has 1 heterocycles. The number of hydrogen-bond acceptors (Lipinski definition) is 4. The van der Waals surface area contributed by atoms with Gasteiger partial charge >= 0.3 is 11.7 Å². The quantitative estimate of drug-likeness (QED) is 0.371. The number of carbonyl (C=O) groups excluding carboxylic acids is 1. The Morgan fingerprint density at radius 3 is 2.75 bits per heavy atom. The Morgan fingerprint density at radius 1 is 1.45 bits per heavy atom. The van der Waals surface area contributed by atoms with Crippen molar-refractivity contribution in [2.45, 2.75) is 6.92 Å². The fourth-order valence-electron chi connectivity index (χ4n) is 1.98. The van der Waals surface area contributed by atoms with Crippen molar-refractivity contribution < 1.29 is 14.5 Å². The minimum Gasteiger partial charge on any atom is -0.458 e. The van der Waals surface area contributed by atoms with Gasteiger partial charge in [-0.15, -0.1) is 0 Å². The highest BCUT2D eigenvalue weighted by Gasteiger charge is 2.24. The van der Waals surface area contributed by atoms with Gasteiger partial charge in [-0.25, -0.2) is 4.79 Å². The summed E-state index contributed by atoms with van der Waals surface area (Å²) in [5.41, 5.74) is 0.939. The van der Waals surface area contributed by atoms with Crippen LogP contribution in [0.4, 0.5) is 0 Å². The molecule has 0 aliphatic heterocycles. The number of para-hydroxylation sites is 1. The Bertz CT molecular complexity index is 700. The monoisotopic (exact) mass is 274 g/mol. The second kappa shape index (κ2) is 5.56. The summed E-state index contributed by atoms with van der Waals surface area (Å²) in [4.78, 5) is 21.8. The predicted molar refractivity (Wildman–Crippen MR) is 74.5 cm³/mol. The average molecular weight is 274 g/mol. The fourth-order valence-corrected chi connectivity index (χ4v) is 1.98. The molecule has 0 N–H and O–H groups in total. The first-order valence-electron chi connectivity index (χ1n) is 6.12. The number of nitro groups is 1. The lowest BCUT2D eigenvalue weighted by Crippen LogP contribution is -2.14. The average Bonchev–Trinajstić information content (AvgIpc) is 2.73. The van der Waals surface area contributed by atoms with Gasteiger partial charge in [-0.2, -0.15) is 0 Å². The number of ether oxygens (including phenoxy) is 1. The molecule has 2 rings (SSSR count). The van der Waals surface area contributed by atoms with E-state index < -0.39 is 16.6 Å². The maximum absolute atomic E-state index is 11.6. The molecule has 1 aromatic carbocycles. The van der Waals surface area contributed by atoms with E-state index in [0.29, 0.717) is 5.69 Å². The van der Waals surface area contributed by atoms with Crippen molar-refractivity contribution in [3.63, 3.8) is 0 Å². The summed E-state index contributed by atoms with van der Waals surface area (Å²) < 4.78 is 6.48. The molecule has 6 heteroatoms. The topological polar surface area (TPSA) is 74.4 Å². The number of fused-ring (bicyclic) bond motifs is 1. The first-order chi connectivity index (χ1) is 9.54. The second-order valence-electron chi connectivity index (χ2n) is 4.19. The highest BCUT2D eigenvalue weighted by Crippen LogP contribution is 2.20. The van der Waals surface area contributed by atoms with Gasteiger partial charge in [0.15, 0.2) is 0 Å². The van der Waals surface area contributed by atoms with Gasteiger partial charge in [-0.05, 0) is 19.1 Å². The summed E-state index contributed by atoms with van der Waals surface area (Å²) in [5.74, 6) is -0.928. The van der Waals surface area contributed by atoms with Crippen LogP contribution in [0, 0.1) is 10.1 Å². The molecule has 20 heavy (non-hydrogen) atoms. The van der Waals surface area contributed by atoms with Crippen molar-refractivity contribution >= 4 is 22.9 Å². The van der Waals surface area contributed by atoms with Gasteiger partial charge in [0, 0.05) is 29.7 Å². The van der Waals surface area contributed by atoms with E-state index in [-0.39, 0.29) is 6.61 Å². The molecular formula is C14H14N2O4. The number of esters is 1. The smallest absolute Gasteiger partial charge is 0.409 e. The molecule has 2 aromatic rings. The molecule has 0 saturated carbocycles. The van der Waals surface area contributed by atoms with E-state index in [2.05, 4.69) is 0 Å². The SMILES string of the molecule is CCOC(=O)/C(=C/c1cc2ccccc2n1C)[N+](=O)[O-]. The zero-order valence-corrected chi connectivity index (χ0v) is 11.2. The van der Waals surface area contributed by atoms with Crippen LogP contribution >= 0.6 is 0 Å². The molecule has 0 atom stereocenters. The van der Waals surface area contributed by atoms with E-state index in [1.165, 1.54) is 6.08 Å². The Labute approximate surface area is 115 Å². The lowest BCUT2D eigenvalue weighted by molar-refractivity contribution is -0.419. The van der Waals surface area contributed by atoms with E-state index in [1.807, 2.05) is 24.3 Å². The van der Waals surface area contributed by atoms with Crippen LogP contribution in [0.3, 0.4) is 0 Å². The van der Waals surface area contributed by atoms with E-state index in [4.69, 9.17) is 4.74 Å². The zero-order valence-electron chi connectivity index (χ0n) is 11.2. The van der Waals surface area contributed by atoms with E-state index >= 15 is 0 Å². The molecular weight excluding hydrogens is 260 g/mol. The van der Waals surface area contributed by atoms with Crippen LogP contribution in [-0.4, -0.2) is 22.1 Å². The number of aromatic nitrogens is 1. The third-order valence-electron chi connectivity index (χ3n) is 2.95. The largest absolute Gasteiger partial charge is 0.458 e. The van der Waals surface area contributed by atoms with Gasteiger partial charge in [0.25, 0.3) is 0 Å². The molecule has 1 aromatic heterocycles. The van der Waals surface area contributed by atoms with Gasteiger partial charge in [-0.1, -0.05) is 18.2 Å². The van der Waals surface area contributed by atoms with Crippen molar-refractivity contribution in [2.24, 2.45) is 7.05 Å². The number of nitrogens with zero attached hydrogens (tertiary/aromatic N) is 2. The number of rotatable bonds is 4. The summed E-state index contributed by atoms with van der Waals surface area (Å²) in [6.45, 7) is 1.70. The molecule has 0 aliphatic carbocycles. The third-order valence-corrected chi connectivity index (χ3v) is 2.95. The Hall–Kier alpha value is -2.63. The molecule has 0 saturated heterocycles. The zero-order chi connectivity index (χ0) is 14.7. The standard InChI is InChI=1S/C14H14N2O4/c1-3-20-14(17)13(16(18)19)9-11-8-10-6-4-5-7-12(10)15(11)2/h4-9H,3H2,1-2H3/b13-9-. The van der Waals surface area contributed by atoms with Crippen molar-refractivity contribution in [1.29, 1.82) is 0 Å². The lowest BCUT2D eigenvalue weighted by Gasteiger charge is -2.01. The lowest BCUT2D eigenvalue weighted by atomic mass is 10.2. The molecule has 0 radical (unpaired) electrons. The van der Waals surface area contributed by atoms with Gasteiger partial charge in [0.05, 0.1) is 11.5 Å². The molecule has 104 valence electrons. The van der Waals surface area contributed by atoms with Gasteiger partial charge in [-0.3, -0.25) is 10.1 Å². The van der Waals surface area contributed by atoms with E-state index in [1.54, 1.807) is 24.6 Å². The number of benzene rings is 1. The minimum atomic E-state index is -0.928. The van der Waals surface area contributed by atoms with Crippen molar-refractivity contribution in [2.75, 3.05) is 6.61 Å². The van der Waals surface area contributed by atoms with Gasteiger partial charge in [0.1, 0.15) is 0 Å². The maximum atomic E-state index is 11.6. The van der Waals surface area contributed by atoms with E-state index in [0.717, 1.165) is 10.9 Å². The summed E-state index contributed by atoms with van der Waals surface area (Å²) in [6, 6.07) is 9.37. The van der Waals surface area contributed by atoms with Crippen LogP contribution in [0.5, 0.6) is 0 Å². The Morgan fingerprint density at radius 2 is 2.15 bits per heavy atom. The summed E-state index contributed by atoms with van der Waals surface area (Å²) in [5, 5.41) is 11.9. The first kappa shape index (κ1) is 13.8. The molecule has 0 bridgehead atoms. The van der Waals surface area contributed by atoms with Crippen LogP contribution in [0.15, 0.2) is 36.0 Å². The molecule has 0 fully saturated rings. The summed E-state index contributed by atoms with van der Waals surface area (Å²) in [7, 11) is 1.79. The Balaban J connectivity index is 2.51. The van der Waals surface area contributed by atoms with Crippen LogP contribution < -0.4 is 0 Å². The highest BCUT2D eigenvalue weighted by atomic mass is 16.6. The van der Waals surface area contributed by atoms with Crippen molar-refractivity contribution in [3.8, 4) is 0 Å². The van der Waals surface area contributed by atoms with Crippen molar-refractivity contribution in [1.82, 2.24) is 4.57 Å². The van der Waals surface area contributed by atoms with Crippen molar-refractivity contribution in [3.05, 3.63) is 51.8 Å². The molecule has 0 spiro atoms. The number of hydrogen-bond donors (Lipinski definition) is 0. The summed E-state index contributed by atoms with van der Waals surface area (Å²) >= 11 is 0. The Kier molecular flexibility index (Phi) is 3.84. The van der Waals surface area contributed by atoms with E-state index in [9.17, 15) is 14.9 Å². The predicted octanol–water partition coefficient (Wildman–Crippen LogP) is 2.36. The maximum Gasteiger partial charge on any atom is 0.409 e.